The monoisotopic (exact) mass is 250 g/mol. The molecule has 2 rings (SSSR count). The van der Waals surface area contributed by atoms with E-state index in [2.05, 4.69) is 33.6 Å². The van der Waals surface area contributed by atoms with Gasteiger partial charge in [-0.05, 0) is 25.5 Å². The first-order chi connectivity index (χ1) is 8.18. The van der Waals surface area contributed by atoms with Crippen molar-refractivity contribution in [3.63, 3.8) is 0 Å². The number of hydrogen-bond acceptors (Lipinski definition) is 4. The van der Waals surface area contributed by atoms with Crippen molar-refractivity contribution in [1.29, 1.82) is 0 Å². The van der Waals surface area contributed by atoms with Crippen molar-refractivity contribution >= 4 is 22.6 Å². The Hall–Kier alpha value is -1.23. The average Bonchev–Trinajstić information content (AvgIpc) is 2.39. The summed E-state index contributed by atoms with van der Waals surface area (Å²) in [6.45, 7) is 2.18. The summed E-state index contributed by atoms with van der Waals surface area (Å²) in [5.41, 5.74) is 2.03. The molecule has 2 heterocycles. The van der Waals surface area contributed by atoms with Crippen LogP contribution in [0.2, 0.25) is 0 Å². The summed E-state index contributed by atoms with van der Waals surface area (Å²) < 4.78 is 0. The lowest BCUT2D eigenvalue weighted by atomic mass is 9.93. The van der Waals surface area contributed by atoms with Crippen LogP contribution in [0.1, 0.15) is 19.0 Å². The summed E-state index contributed by atoms with van der Waals surface area (Å²) in [6.07, 6.45) is 2.90. The Morgan fingerprint density at radius 3 is 3.12 bits per heavy atom. The van der Waals surface area contributed by atoms with Gasteiger partial charge >= 0.3 is 0 Å². The van der Waals surface area contributed by atoms with Gasteiger partial charge in [0.2, 0.25) is 0 Å². The second kappa shape index (κ2) is 4.96. The zero-order chi connectivity index (χ0) is 12.3. The van der Waals surface area contributed by atoms with Crippen LogP contribution in [0.15, 0.2) is 23.3 Å². The van der Waals surface area contributed by atoms with Gasteiger partial charge < -0.3 is 10.6 Å². The molecule has 1 unspecified atom stereocenters. The third-order valence-corrected chi connectivity index (χ3v) is 4.01. The van der Waals surface area contributed by atoms with E-state index in [9.17, 15) is 0 Å². The SMILES string of the molecule is CN=C1NC(C)(c2cc(NC)ccn2)CCS1. The minimum Gasteiger partial charge on any atom is -0.388 e. The molecule has 0 bridgehead atoms. The van der Waals surface area contributed by atoms with Crippen molar-refractivity contribution in [3.05, 3.63) is 24.0 Å². The van der Waals surface area contributed by atoms with E-state index in [1.165, 1.54) is 0 Å². The summed E-state index contributed by atoms with van der Waals surface area (Å²) in [6, 6.07) is 4.07. The number of thioether (sulfide) groups is 1. The van der Waals surface area contributed by atoms with E-state index in [1.54, 1.807) is 11.8 Å². The van der Waals surface area contributed by atoms with Gasteiger partial charge in [0.05, 0.1) is 11.2 Å². The predicted molar refractivity (Wildman–Crippen MR) is 74.7 cm³/mol. The molecule has 0 spiro atoms. The number of anilines is 1. The molecule has 5 heteroatoms. The molecule has 92 valence electrons. The number of nitrogens with zero attached hydrogens (tertiary/aromatic N) is 2. The lowest BCUT2D eigenvalue weighted by molar-refractivity contribution is 0.409. The molecule has 1 aromatic rings. The van der Waals surface area contributed by atoms with E-state index in [0.29, 0.717) is 0 Å². The first-order valence-electron chi connectivity index (χ1n) is 5.70. The van der Waals surface area contributed by atoms with Gasteiger partial charge in [0.1, 0.15) is 0 Å². The van der Waals surface area contributed by atoms with Crippen molar-refractivity contribution in [2.24, 2.45) is 4.99 Å². The van der Waals surface area contributed by atoms with Crippen LogP contribution in [-0.4, -0.2) is 30.0 Å². The Labute approximate surface area is 106 Å². The minimum atomic E-state index is -0.118. The fourth-order valence-corrected chi connectivity index (χ4v) is 3.02. The highest BCUT2D eigenvalue weighted by molar-refractivity contribution is 8.13. The van der Waals surface area contributed by atoms with Crippen molar-refractivity contribution in [3.8, 4) is 0 Å². The highest BCUT2D eigenvalue weighted by atomic mass is 32.2. The second-order valence-corrected chi connectivity index (χ2v) is 5.35. The molecule has 2 N–H and O–H groups in total. The van der Waals surface area contributed by atoms with Gasteiger partial charge in [-0.3, -0.25) is 9.98 Å². The van der Waals surface area contributed by atoms with Crippen LogP contribution in [-0.2, 0) is 5.54 Å². The van der Waals surface area contributed by atoms with Gasteiger partial charge in [-0.25, -0.2) is 0 Å². The molecule has 0 aliphatic carbocycles. The molecule has 17 heavy (non-hydrogen) atoms. The van der Waals surface area contributed by atoms with Gasteiger partial charge in [0.15, 0.2) is 5.17 Å². The summed E-state index contributed by atoms with van der Waals surface area (Å²) in [5.74, 6) is 1.07. The van der Waals surface area contributed by atoms with Gasteiger partial charge in [0, 0.05) is 31.7 Å². The number of aromatic nitrogens is 1. The summed E-state index contributed by atoms with van der Waals surface area (Å²) in [5, 5.41) is 7.61. The Morgan fingerprint density at radius 2 is 2.41 bits per heavy atom. The van der Waals surface area contributed by atoms with Crippen molar-refractivity contribution in [2.75, 3.05) is 25.2 Å². The molecule has 1 saturated heterocycles. The van der Waals surface area contributed by atoms with Crippen LogP contribution >= 0.6 is 11.8 Å². The van der Waals surface area contributed by atoms with Crippen molar-refractivity contribution in [2.45, 2.75) is 18.9 Å². The Balaban J connectivity index is 2.30. The molecular weight excluding hydrogens is 232 g/mol. The molecule has 0 saturated carbocycles. The maximum absolute atomic E-state index is 4.48. The average molecular weight is 250 g/mol. The Kier molecular flexibility index (Phi) is 3.57. The van der Waals surface area contributed by atoms with Gasteiger partial charge in [-0.1, -0.05) is 11.8 Å². The van der Waals surface area contributed by atoms with Crippen LogP contribution in [0, 0.1) is 0 Å². The van der Waals surface area contributed by atoms with Gasteiger partial charge in [0.25, 0.3) is 0 Å². The van der Waals surface area contributed by atoms with E-state index in [-0.39, 0.29) is 5.54 Å². The maximum Gasteiger partial charge on any atom is 0.157 e. The van der Waals surface area contributed by atoms with Crippen LogP contribution in [0.4, 0.5) is 5.69 Å². The fourth-order valence-electron chi connectivity index (χ4n) is 1.89. The van der Waals surface area contributed by atoms with E-state index >= 15 is 0 Å². The standard InChI is InChI=1S/C12H18N4S/c1-12(5-7-17-11(14-3)16-12)10-8-9(13-2)4-6-15-10/h4,6,8H,5,7H2,1-3H3,(H,13,15)(H,14,16). The molecule has 0 aromatic carbocycles. The summed E-state index contributed by atoms with van der Waals surface area (Å²) in [4.78, 5) is 8.72. The first kappa shape index (κ1) is 12.2. The third kappa shape index (κ3) is 2.54. The first-order valence-corrected chi connectivity index (χ1v) is 6.68. The molecule has 0 amide bonds. The molecule has 1 aliphatic heterocycles. The number of rotatable bonds is 2. The largest absolute Gasteiger partial charge is 0.388 e. The topological polar surface area (TPSA) is 49.3 Å². The van der Waals surface area contributed by atoms with Gasteiger partial charge in [-0.15, -0.1) is 0 Å². The molecule has 1 fully saturated rings. The zero-order valence-electron chi connectivity index (χ0n) is 10.4. The Bertz CT molecular complexity index is 432. The smallest absolute Gasteiger partial charge is 0.157 e. The lowest BCUT2D eigenvalue weighted by Gasteiger charge is -2.35. The normalized spacial score (nSPS) is 26.6. The fraction of sp³-hybridized carbons (Fsp3) is 0.500. The number of nitrogens with one attached hydrogen (secondary N) is 2. The maximum atomic E-state index is 4.48. The van der Waals surface area contributed by atoms with Gasteiger partial charge in [-0.2, -0.15) is 0 Å². The van der Waals surface area contributed by atoms with E-state index in [4.69, 9.17) is 0 Å². The molecule has 1 atom stereocenters. The summed E-state index contributed by atoms with van der Waals surface area (Å²) in [7, 11) is 3.74. The molecule has 4 nitrogen and oxygen atoms in total. The van der Waals surface area contributed by atoms with Crippen molar-refractivity contribution in [1.82, 2.24) is 10.3 Å². The highest BCUT2D eigenvalue weighted by Crippen LogP contribution is 2.31. The quantitative estimate of drug-likeness (QED) is 0.843. The highest BCUT2D eigenvalue weighted by Gasteiger charge is 2.32. The van der Waals surface area contributed by atoms with E-state index in [1.807, 2.05) is 26.4 Å². The molecule has 1 aliphatic rings. The van der Waals surface area contributed by atoms with Crippen molar-refractivity contribution < 1.29 is 0 Å². The zero-order valence-corrected chi connectivity index (χ0v) is 11.3. The number of pyridine rings is 1. The molecule has 0 radical (unpaired) electrons. The van der Waals surface area contributed by atoms with Crippen LogP contribution < -0.4 is 10.6 Å². The van der Waals surface area contributed by atoms with Crippen LogP contribution in [0.25, 0.3) is 0 Å². The Morgan fingerprint density at radius 1 is 1.59 bits per heavy atom. The second-order valence-electron chi connectivity index (χ2n) is 4.26. The lowest BCUT2D eigenvalue weighted by Crippen LogP contribution is -2.46. The van der Waals surface area contributed by atoms with E-state index in [0.717, 1.165) is 28.7 Å². The third-order valence-electron chi connectivity index (χ3n) is 3.04. The van der Waals surface area contributed by atoms with Crippen LogP contribution in [0.3, 0.4) is 0 Å². The number of aliphatic imine (C=N–C) groups is 1. The molecular formula is C12H18N4S. The predicted octanol–water partition coefficient (Wildman–Crippen LogP) is 2.05. The molecule has 1 aromatic heterocycles. The number of amidine groups is 1. The van der Waals surface area contributed by atoms with Crippen LogP contribution in [0.5, 0.6) is 0 Å². The van der Waals surface area contributed by atoms with E-state index < -0.39 is 0 Å². The minimum absolute atomic E-state index is 0.118. The summed E-state index contributed by atoms with van der Waals surface area (Å²) >= 11 is 1.77. The number of hydrogen-bond donors (Lipinski definition) is 2.